The van der Waals surface area contributed by atoms with Crippen LogP contribution in [0.25, 0.3) is 87.6 Å². The molecule has 0 saturated carbocycles. The first-order valence-electron chi connectivity index (χ1n) is 31.7. The van der Waals surface area contributed by atoms with E-state index < -0.39 is 24.3 Å². The zero-order valence-corrected chi connectivity index (χ0v) is 52.0. The van der Waals surface area contributed by atoms with Gasteiger partial charge in [-0.05, 0) is 212 Å². The number of aliphatic carboxylic acids is 1. The van der Waals surface area contributed by atoms with Gasteiger partial charge in [-0.3, -0.25) is 19.3 Å². The lowest BCUT2D eigenvalue weighted by atomic mass is 9.82. The number of carboxylic acids is 1. The molecule has 13 aromatic rings. The molecule has 1 aliphatic heterocycles. The van der Waals surface area contributed by atoms with Gasteiger partial charge >= 0.3 is 5.97 Å². The molecule has 4 aliphatic carbocycles. The SMILES string of the molecule is CC1(C)c2ccccc2-c2ccc(N(c3ccc4c(c3)C(C)(C)c3ccccc3-4)c3cc4cc(N(c5ccc6c(c5)C(C)(C)c5ccccc5-6)c5ccc6c(c5)C(C)(C)c5ccccc5-6)cc5c6ccc7c8c(ccc(c(c3)c45)c86)C(=O)N(CC(=O)O)C7=O)cc21. The molecule has 0 bridgehead atoms. The van der Waals surface area contributed by atoms with E-state index in [2.05, 4.69) is 259 Å². The molecule has 0 atom stereocenters. The third-order valence-electron chi connectivity index (χ3n) is 21.8. The van der Waals surface area contributed by atoms with Crippen molar-refractivity contribution in [3.05, 3.63) is 274 Å². The van der Waals surface area contributed by atoms with E-state index in [1.807, 2.05) is 12.1 Å². The van der Waals surface area contributed by atoms with Crippen LogP contribution in [0.3, 0.4) is 0 Å². The first-order valence-corrected chi connectivity index (χ1v) is 31.7. The zero-order valence-electron chi connectivity index (χ0n) is 52.0. The van der Waals surface area contributed by atoms with E-state index in [1.165, 1.54) is 89.0 Å². The number of fused-ring (bicyclic) bond motifs is 14. The van der Waals surface area contributed by atoms with Crippen molar-refractivity contribution in [3.63, 3.8) is 0 Å². The van der Waals surface area contributed by atoms with E-state index in [-0.39, 0.29) is 21.7 Å². The van der Waals surface area contributed by atoms with Crippen LogP contribution in [0.15, 0.2) is 218 Å². The van der Waals surface area contributed by atoms with Crippen LogP contribution in [-0.4, -0.2) is 34.3 Å². The Morgan fingerprint density at radius 2 is 0.615 bits per heavy atom. The number of benzene rings is 13. The van der Waals surface area contributed by atoms with Gasteiger partial charge in [0.1, 0.15) is 6.54 Å². The molecule has 1 N–H and O–H groups in total. The minimum Gasteiger partial charge on any atom is -0.480 e. The highest BCUT2D eigenvalue weighted by molar-refractivity contribution is 6.39. The molecule has 2 amide bonds. The minimum absolute atomic E-state index is 0.280. The van der Waals surface area contributed by atoms with Crippen LogP contribution >= 0.6 is 0 Å². The lowest BCUT2D eigenvalue weighted by Crippen LogP contribution is -2.43. The summed E-state index contributed by atoms with van der Waals surface area (Å²) in [4.78, 5) is 47.4. The predicted molar refractivity (Wildman–Crippen MR) is 370 cm³/mol. The number of amides is 2. The first kappa shape index (κ1) is 53.4. The van der Waals surface area contributed by atoms with Gasteiger partial charge in [0, 0.05) is 72.3 Å². The Balaban J connectivity index is 0.944. The summed E-state index contributed by atoms with van der Waals surface area (Å²) in [5, 5.41) is 17.1. The van der Waals surface area contributed by atoms with Crippen molar-refractivity contribution in [2.24, 2.45) is 0 Å². The van der Waals surface area contributed by atoms with Crippen molar-refractivity contribution < 1.29 is 19.5 Å². The maximum absolute atomic E-state index is 14.7. The highest BCUT2D eigenvalue weighted by Gasteiger charge is 2.42. The van der Waals surface area contributed by atoms with E-state index in [0.717, 1.165) is 76.7 Å². The fourth-order valence-corrected chi connectivity index (χ4v) is 17.3. The van der Waals surface area contributed by atoms with Crippen molar-refractivity contribution in [3.8, 4) is 44.5 Å². The van der Waals surface area contributed by atoms with E-state index >= 15 is 0 Å². The Hall–Kier alpha value is -10.6. The lowest BCUT2D eigenvalue weighted by molar-refractivity contribution is -0.137. The summed E-state index contributed by atoms with van der Waals surface area (Å²) in [6, 6.07) is 80.2. The van der Waals surface area contributed by atoms with E-state index in [1.54, 1.807) is 12.1 Å². The first-order chi connectivity index (χ1) is 43.8. The van der Waals surface area contributed by atoms with Crippen LogP contribution in [0, 0.1) is 0 Å². The van der Waals surface area contributed by atoms with Gasteiger partial charge in [0.2, 0.25) is 0 Å². The van der Waals surface area contributed by atoms with Gasteiger partial charge in [-0.25, -0.2) is 0 Å². The minimum atomic E-state index is -1.26. The van der Waals surface area contributed by atoms with Gasteiger partial charge < -0.3 is 14.9 Å². The number of rotatable bonds is 8. The number of anilines is 6. The van der Waals surface area contributed by atoms with Gasteiger partial charge in [-0.15, -0.1) is 0 Å². The smallest absolute Gasteiger partial charge is 0.323 e. The summed E-state index contributed by atoms with van der Waals surface area (Å²) in [7, 11) is 0. The Morgan fingerprint density at radius 3 is 0.934 bits per heavy atom. The molecule has 0 saturated heterocycles. The standard InChI is InChI=1S/C84H63N3O4/c1-81(2)67-21-13-9-17-53(67)57-29-25-47(41-71(57)81)86(48-26-30-58-54-18-10-14-22-68(54)82(3,4)72(58)42-48)51-37-46-38-52(40-66-62-34-36-64-78-63(79(90)85(80(64)91)45-75(88)89)35-33-61(77(62)78)65(39-51)76(46)66)87(49-27-31-59-55-19-11-15-23-69(55)83(5,6)73(59)43-49)50-28-32-60-56-20-12-16-24-70(56)84(7,8)74(60)44-50/h9-44H,45H2,1-8H3,(H,88,89). The van der Waals surface area contributed by atoms with E-state index in [4.69, 9.17) is 0 Å². The summed E-state index contributed by atoms with van der Waals surface area (Å²) in [5.74, 6) is -2.50. The second-order valence-electron chi connectivity index (χ2n) is 28.0. The lowest BCUT2D eigenvalue weighted by Gasteiger charge is -2.32. The number of carbonyl (C=O) groups excluding carboxylic acids is 2. The predicted octanol–water partition coefficient (Wildman–Crippen LogP) is 20.6. The molecule has 0 unspecified atom stereocenters. The molecular weight excluding hydrogens is 1110 g/mol. The molecule has 0 radical (unpaired) electrons. The van der Waals surface area contributed by atoms with Crippen molar-refractivity contribution in [1.29, 1.82) is 0 Å². The van der Waals surface area contributed by atoms with Crippen molar-refractivity contribution in [2.75, 3.05) is 16.3 Å². The highest BCUT2D eigenvalue weighted by atomic mass is 16.4. The van der Waals surface area contributed by atoms with Crippen LogP contribution in [0.4, 0.5) is 34.1 Å². The quantitative estimate of drug-likeness (QED) is 0.0927. The third kappa shape index (κ3) is 7.06. The molecule has 18 rings (SSSR count). The largest absolute Gasteiger partial charge is 0.480 e. The van der Waals surface area contributed by atoms with E-state index in [0.29, 0.717) is 16.5 Å². The molecule has 438 valence electrons. The molecule has 7 nitrogen and oxygen atoms in total. The van der Waals surface area contributed by atoms with Crippen LogP contribution < -0.4 is 9.80 Å². The van der Waals surface area contributed by atoms with Crippen molar-refractivity contribution in [2.45, 2.75) is 77.0 Å². The van der Waals surface area contributed by atoms with Gasteiger partial charge in [0.05, 0.1) is 0 Å². The molecule has 0 spiro atoms. The second kappa shape index (κ2) is 18.0. The summed E-state index contributed by atoms with van der Waals surface area (Å²) in [5.41, 5.74) is 25.7. The van der Waals surface area contributed by atoms with Gasteiger partial charge in [0.15, 0.2) is 0 Å². The van der Waals surface area contributed by atoms with Crippen molar-refractivity contribution >= 4 is 95.0 Å². The number of carboxylic acid groups (broad SMARTS) is 1. The maximum Gasteiger partial charge on any atom is 0.323 e. The number of carbonyl (C=O) groups is 3. The Bertz CT molecular complexity index is 4970. The van der Waals surface area contributed by atoms with Gasteiger partial charge in [0.25, 0.3) is 11.8 Å². The second-order valence-corrected chi connectivity index (χ2v) is 28.0. The summed E-state index contributed by atoms with van der Waals surface area (Å²) < 4.78 is 0. The Morgan fingerprint density at radius 1 is 0.319 bits per heavy atom. The maximum atomic E-state index is 14.7. The summed E-state index contributed by atoms with van der Waals surface area (Å²) in [6.45, 7) is 18.0. The van der Waals surface area contributed by atoms with Crippen LogP contribution in [0.2, 0.25) is 0 Å². The Kier molecular flexibility index (Phi) is 10.6. The average Bonchev–Trinajstić information content (AvgIpc) is 1.67. The number of hydrogen-bond acceptors (Lipinski definition) is 5. The highest BCUT2D eigenvalue weighted by Crippen LogP contribution is 2.58. The molecule has 91 heavy (non-hydrogen) atoms. The molecule has 13 aromatic carbocycles. The van der Waals surface area contributed by atoms with Crippen LogP contribution in [0.1, 0.15) is 121 Å². The fourth-order valence-electron chi connectivity index (χ4n) is 17.3. The summed E-state index contributed by atoms with van der Waals surface area (Å²) >= 11 is 0. The number of hydrogen-bond donors (Lipinski definition) is 1. The van der Waals surface area contributed by atoms with Gasteiger partial charge in [-0.1, -0.05) is 189 Å². The third-order valence-corrected chi connectivity index (χ3v) is 21.8. The zero-order chi connectivity index (χ0) is 62.1. The average molecular weight is 1180 g/mol. The summed E-state index contributed by atoms with van der Waals surface area (Å²) in [6.07, 6.45) is 0. The van der Waals surface area contributed by atoms with Crippen LogP contribution in [0.5, 0.6) is 0 Å². The number of nitrogens with zero attached hydrogens (tertiary/aromatic N) is 3. The normalized spacial score (nSPS) is 16.0. The van der Waals surface area contributed by atoms with Crippen molar-refractivity contribution in [1.82, 2.24) is 4.90 Å². The number of imide groups is 1. The molecule has 5 aliphatic rings. The van der Waals surface area contributed by atoms with E-state index in [9.17, 15) is 19.5 Å². The fraction of sp³-hybridized carbons (Fsp3) is 0.155. The Labute approximate surface area is 528 Å². The van der Waals surface area contributed by atoms with Gasteiger partial charge in [-0.2, -0.15) is 0 Å². The molecule has 1 heterocycles. The molecule has 0 fully saturated rings. The van der Waals surface area contributed by atoms with Crippen LogP contribution in [-0.2, 0) is 26.5 Å². The molecule has 0 aromatic heterocycles. The molecule has 7 heteroatoms. The molecular formula is C84H63N3O4. The topological polar surface area (TPSA) is 81.2 Å². The monoisotopic (exact) mass is 1180 g/mol.